The maximum absolute atomic E-state index is 13.9. The lowest BCUT2D eigenvalue weighted by Gasteiger charge is -2.36. The molecule has 2 atom stereocenters. The molecule has 0 spiro atoms. The van der Waals surface area contributed by atoms with Crippen LogP contribution in [0.4, 0.5) is 0 Å². The van der Waals surface area contributed by atoms with Crippen molar-refractivity contribution in [3.05, 3.63) is 113 Å². The van der Waals surface area contributed by atoms with Crippen molar-refractivity contribution < 1.29 is 28.5 Å². The molecule has 0 fully saturated rings. The number of hydrogen-bond acceptors (Lipinski definition) is 7. The predicted octanol–water partition coefficient (Wildman–Crippen LogP) is 6.08. The van der Waals surface area contributed by atoms with Crippen molar-refractivity contribution in [2.75, 3.05) is 26.9 Å². The van der Waals surface area contributed by atoms with Crippen molar-refractivity contribution in [1.29, 1.82) is 0 Å². The fourth-order valence-corrected chi connectivity index (χ4v) is 5.63. The molecule has 3 aromatic carbocycles. The SMILES string of the molecule is CCOc1ccc([C@H]2C(C(=O)OCCOc3ccccc3)=C(C)NC3=C2C(=O)C[C@H](c2ccccc2)C3)cc1OC. The number of allylic oxidation sites excluding steroid dienone is 3. The van der Waals surface area contributed by atoms with Gasteiger partial charge in [-0.15, -0.1) is 0 Å². The minimum Gasteiger partial charge on any atom is -0.493 e. The summed E-state index contributed by atoms with van der Waals surface area (Å²) in [4.78, 5) is 27.5. The van der Waals surface area contributed by atoms with E-state index in [1.54, 1.807) is 7.11 Å². The van der Waals surface area contributed by atoms with Gasteiger partial charge in [-0.3, -0.25) is 4.79 Å². The normalized spacial score (nSPS) is 18.4. The van der Waals surface area contributed by atoms with Crippen molar-refractivity contribution in [1.82, 2.24) is 5.32 Å². The van der Waals surface area contributed by atoms with Crippen LogP contribution in [0.5, 0.6) is 17.2 Å². The van der Waals surface area contributed by atoms with Gasteiger partial charge in [0.1, 0.15) is 19.0 Å². The molecule has 0 bridgehead atoms. The van der Waals surface area contributed by atoms with Gasteiger partial charge in [0.05, 0.1) is 19.3 Å². The Morgan fingerprint density at radius 1 is 0.878 bits per heavy atom. The van der Waals surface area contributed by atoms with E-state index in [2.05, 4.69) is 17.4 Å². The highest BCUT2D eigenvalue weighted by molar-refractivity contribution is 6.04. The van der Waals surface area contributed by atoms with Crippen molar-refractivity contribution in [3.63, 3.8) is 0 Å². The molecule has 7 heteroatoms. The Balaban J connectivity index is 1.46. The largest absolute Gasteiger partial charge is 0.493 e. The molecular formula is C34H35NO6. The summed E-state index contributed by atoms with van der Waals surface area (Å²) >= 11 is 0. The standard InChI is InChI=1S/C34H35NO6/c1-4-39-29-16-15-24(21-30(29)38-3)32-31(34(37)41-18-17-40-26-13-9-6-10-14-26)22(2)35-27-19-25(20-28(36)33(27)32)23-11-7-5-8-12-23/h5-16,21,25,32,35H,4,17-20H2,1-3H3/t25-,32+/m1/s1. The Morgan fingerprint density at radius 2 is 1.61 bits per heavy atom. The number of hydrogen-bond donors (Lipinski definition) is 1. The number of esters is 1. The lowest BCUT2D eigenvalue weighted by Crippen LogP contribution is -2.36. The number of ketones is 1. The van der Waals surface area contributed by atoms with Crippen LogP contribution in [-0.2, 0) is 14.3 Å². The number of dihydropyridines is 1. The van der Waals surface area contributed by atoms with Gasteiger partial charge in [-0.25, -0.2) is 4.79 Å². The van der Waals surface area contributed by atoms with E-state index in [-0.39, 0.29) is 24.9 Å². The Hall–Kier alpha value is -4.52. The van der Waals surface area contributed by atoms with Gasteiger partial charge >= 0.3 is 5.97 Å². The first kappa shape index (κ1) is 28.0. The second-order valence-corrected chi connectivity index (χ2v) is 10.1. The second-order valence-electron chi connectivity index (χ2n) is 10.1. The first-order valence-corrected chi connectivity index (χ1v) is 13.9. The molecule has 41 heavy (non-hydrogen) atoms. The predicted molar refractivity (Wildman–Crippen MR) is 156 cm³/mol. The fourth-order valence-electron chi connectivity index (χ4n) is 5.63. The lowest BCUT2D eigenvalue weighted by atomic mass is 9.71. The first-order valence-electron chi connectivity index (χ1n) is 13.9. The molecule has 1 aliphatic heterocycles. The van der Waals surface area contributed by atoms with E-state index in [4.69, 9.17) is 18.9 Å². The Bertz CT molecular complexity index is 1460. The van der Waals surface area contributed by atoms with Gasteiger partial charge in [-0.05, 0) is 61.6 Å². The van der Waals surface area contributed by atoms with Gasteiger partial charge in [-0.2, -0.15) is 0 Å². The summed E-state index contributed by atoms with van der Waals surface area (Å²) in [6.45, 7) is 4.53. The third-order valence-electron chi connectivity index (χ3n) is 7.47. The summed E-state index contributed by atoms with van der Waals surface area (Å²) in [7, 11) is 1.58. The summed E-state index contributed by atoms with van der Waals surface area (Å²) in [5.74, 6) is 0.809. The smallest absolute Gasteiger partial charge is 0.336 e. The minimum atomic E-state index is -0.609. The third kappa shape index (κ3) is 6.14. The molecule has 0 unspecified atom stereocenters. The van der Waals surface area contributed by atoms with Crippen LogP contribution in [-0.4, -0.2) is 38.7 Å². The molecule has 7 nitrogen and oxygen atoms in total. The zero-order chi connectivity index (χ0) is 28.8. The maximum Gasteiger partial charge on any atom is 0.336 e. The highest BCUT2D eigenvalue weighted by Gasteiger charge is 2.41. The number of carbonyl (C=O) groups excluding carboxylic acids is 2. The molecule has 0 saturated heterocycles. The Kier molecular flexibility index (Phi) is 8.73. The lowest BCUT2D eigenvalue weighted by molar-refractivity contribution is -0.140. The average Bonchev–Trinajstić information content (AvgIpc) is 2.99. The van der Waals surface area contributed by atoms with E-state index >= 15 is 0 Å². The van der Waals surface area contributed by atoms with Gasteiger partial charge in [-0.1, -0.05) is 54.6 Å². The van der Waals surface area contributed by atoms with Crippen LogP contribution >= 0.6 is 0 Å². The zero-order valence-corrected chi connectivity index (χ0v) is 23.6. The second kappa shape index (κ2) is 12.8. The molecule has 1 aliphatic carbocycles. The molecule has 1 N–H and O–H groups in total. The van der Waals surface area contributed by atoms with Crippen LogP contribution in [0.2, 0.25) is 0 Å². The summed E-state index contributed by atoms with van der Waals surface area (Å²) < 4.78 is 22.7. The quantitative estimate of drug-likeness (QED) is 0.241. The van der Waals surface area contributed by atoms with Crippen molar-refractivity contribution in [2.24, 2.45) is 0 Å². The number of nitrogens with one attached hydrogen (secondary N) is 1. The van der Waals surface area contributed by atoms with E-state index in [0.717, 1.165) is 16.8 Å². The summed E-state index contributed by atoms with van der Waals surface area (Å²) in [6, 6.07) is 25.0. The average molecular weight is 554 g/mol. The molecule has 212 valence electrons. The van der Waals surface area contributed by atoms with E-state index < -0.39 is 11.9 Å². The number of methoxy groups -OCH3 is 1. The molecule has 0 saturated carbocycles. The highest BCUT2D eigenvalue weighted by atomic mass is 16.6. The van der Waals surface area contributed by atoms with Crippen LogP contribution in [0.3, 0.4) is 0 Å². The topological polar surface area (TPSA) is 83.1 Å². The van der Waals surface area contributed by atoms with E-state index in [1.165, 1.54) is 0 Å². The summed E-state index contributed by atoms with van der Waals surface area (Å²) in [5, 5.41) is 3.41. The number of Topliss-reactive ketones (excluding diaryl/α,β-unsaturated/α-hetero) is 1. The summed E-state index contributed by atoms with van der Waals surface area (Å²) in [6.07, 6.45) is 1.03. The van der Waals surface area contributed by atoms with Crippen molar-refractivity contribution in [3.8, 4) is 17.2 Å². The number of para-hydroxylation sites is 1. The molecule has 3 aromatic rings. The fraction of sp³-hybridized carbons (Fsp3) is 0.294. The van der Waals surface area contributed by atoms with Gasteiger partial charge in [0.2, 0.25) is 0 Å². The zero-order valence-electron chi connectivity index (χ0n) is 23.6. The number of benzene rings is 3. The third-order valence-corrected chi connectivity index (χ3v) is 7.47. The first-order chi connectivity index (χ1) is 20.0. The number of carbonyl (C=O) groups is 2. The van der Waals surface area contributed by atoms with Crippen LogP contribution in [0, 0.1) is 0 Å². The van der Waals surface area contributed by atoms with Crippen LogP contribution in [0.15, 0.2) is 101 Å². The van der Waals surface area contributed by atoms with Gasteiger partial charge < -0.3 is 24.3 Å². The minimum absolute atomic E-state index is 0.00988. The Labute approximate surface area is 240 Å². The van der Waals surface area contributed by atoms with E-state index in [1.807, 2.05) is 80.6 Å². The molecule has 2 aliphatic rings. The molecule has 0 amide bonds. The Morgan fingerprint density at radius 3 is 2.32 bits per heavy atom. The molecule has 5 rings (SSSR count). The van der Waals surface area contributed by atoms with Crippen LogP contribution in [0.1, 0.15) is 49.7 Å². The van der Waals surface area contributed by atoms with Crippen LogP contribution < -0.4 is 19.5 Å². The summed E-state index contributed by atoms with van der Waals surface area (Å²) in [5.41, 5.74) is 4.39. The van der Waals surface area contributed by atoms with E-state index in [0.29, 0.717) is 53.5 Å². The molecular weight excluding hydrogens is 518 g/mol. The number of rotatable bonds is 10. The monoisotopic (exact) mass is 553 g/mol. The van der Waals surface area contributed by atoms with Crippen LogP contribution in [0.25, 0.3) is 0 Å². The van der Waals surface area contributed by atoms with Crippen molar-refractivity contribution >= 4 is 11.8 Å². The van der Waals surface area contributed by atoms with Crippen molar-refractivity contribution in [2.45, 2.75) is 38.5 Å². The molecule has 0 radical (unpaired) electrons. The molecule has 1 heterocycles. The number of ether oxygens (including phenoxy) is 4. The van der Waals surface area contributed by atoms with Gasteiger partial charge in [0.25, 0.3) is 0 Å². The maximum atomic E-state index is 13.9. The van der Waals surface area contributed by atoms with Gasteiger partial charge in [0.15, 0.2) is 17.3 Å². The molecule has 0 aromatic heterocycles. The highest BCUT2D eigenvalue weighted by Crippen LogP contribution is 2.47. The van der Waals surface area contributed by atoms with E-state index in [9.17, 15) is 9.59 Å². The van der Waals surface area contributed by atoms with Gasteiger partial charge in [0, 0.05) is 29.3 Å².